The first kappa shape index (κ1) is 18.2. The third-order valence-electron chi connectivity index (χ3n) is 5.13. The molecular weight excluding hydrogens is 349 g/mol. The minimum absolute atomic E-state index is 0.442. The van der Waals surface area contributed by atoms with Crippen LogP contribution in [0.15, 0.2) is 18.2 Å². The van der Waals surface area contributed by atoms with Crippen molar-refractivity contribution in [3.8, 4) is 0 Å². The van der Waals surface area contributed by atoms with Crippen molar-refractivity contribution in [2.45, 2.75) is 57.3 Å². The van der Waals surface area contributed by atoms with Crippen LogP contribution >= 0.6 is 11.6 Å². The van der Waals surface area contributed by atoms with Crippen LogP contribution in [-0.2, 0) is 24.9 Å². The number of hydrogen-bond donors (Lipinski definition) is 1. The maximum atomic E-state index is 11.7. The lowest BCUT2D eigenvalue weighted by Crippen LogP contribution is -2.41. The molecule has 0 unspecified atom stereocenters. The van der Waals surface area contributed by atoms with Crippen LogP contribution in [0.2, 0.25) is 5.02 Å². The van der Waals surface area contributed by atoms with E-state index in [2.05, 4.69) is 4.72 Å². The van der Waals surface area contributed by atoms with Crippen LogP contribution in [0.1, 0.15) is 46.1 Å². The quantitative estimate of drug-likeness (QED) is 0.824. The van der Waals surface area contributed by atoms with Gasteiger partial charge < -0.3 is 9.31 Å². The van der Waals surface area contributed by atoms with Gasteiger partial charge >= 0.3 is 7.12 Å². The van der Waals surface area contributed by atoms with E-state index in [0.717, 1.165) is 23.9 Å². The fraction of sp³-hybridized carbons (Fsp3) is 0.625. The molecule has 1 saturated carbocycles. The summed E-state index contributed by atoms with van der Waals surface area (Å²) in [6, 6.07) is 5.55. The Labute approximate surface area is 149 Å². The average Bonchev–Trinajstić information content (AvgIpc) is 3.10. The van der Waals surface area contributed by atoms with Crippen molar-refractivity contribution in [3.63, 3.8) is 0 Å². The zero-order valence-electron chi connectivity index (χ0n) is 14.6. The fourth-order valence-electron chi connectivity index (χ4n) is 2.93. The second-order valence-corrected chi connectivity index (χ2v) is 10.0. The van der Waals surface area contributed by atoms with Gasteiger partial charge in [0, 0.05) is 5.02 Å². The van der Waals surface area contributed by atoms with Crippen molar-refractivity contribution < 1.29 is 17.7 Å². The third kappa shape index (κ3) is 3.37. The lowest BCUT2D eigenvalue weighted by atomic mass is 9.77. The lowest BCUT2D eigenvalue weighted by molar-refractivity contribution is 0.00578. The monoisotopic (exact) mass is 371 g/mol. The molecule has 1 N–H and O–H groups in total. The van der Waals surface area contributed by atoms with E-state index in [1.807, 2.05) is 45.9 Å². The molecule has 5 nitrogen and oxygen atoms in total. The van der Waals surface area contributed by atoms with E-state index >= 15 is 0 Å². The zero-order valence-corrected chi connectivity index (χ0v) is 16.2. The second kappa shape index (κ2) is 5.45. The van der Waals surface area contributed by atoms with Gasteiger partial charge in [-0.05, 0) is 63.7 Å². The van der Waals surface area contributed by atoms with Crippen LogP contribution in [0.5, 0.6) is 0 Å². The molecule has 8 heteroatoms. The molecule has 1 aromatic rings. The van der Waals surface area contributed by atoms with Gasteiger partial charge in [0.25, 0.3) is 0 Å². The predicted molar refractivity (Wildman–Crippen MR) is 96.1 cm³/mol. The highest BCUT2D eigenvalue weighted by atomic mass is 35.5. The SMILES string of the molecule is CC1(C)OB(c2cc(Cl)cc(C3(NS(C)(=O)=O)CC3)c2)OC1(C)C. The van der Waals surface area contributed by atoms with E-state index in [1.54, 1.807) is 0 Å². The molecule has 0 spiro atoms. The van der Waals surface area contributed by atoms with Gasteiger partial charge in [-0.3, -0.25) is 0 Å². The van der Waals surface area contributed by atoms with Crippen LogP contribution in [0.4, 0.5) is 0 Å². The Kier molecular flexibility index (Phi) is 4.13. The molecule has 0 radical (unpaired) electrons. The molecule has 0 bridgehead atoms. The van der Waals surface area contributed by atoms with E-state index in [-0.39, 0.29) is 0 Å². The zero-order chi connectivity index (χ0) is 18.0. The highest BCUT2D eigenvalue weighted by molar-refractivity contribution is 7.88. The number of rotatable bonds is 4. The molecule has 132 valence electrons. The third-order valence-corrected chi connectivity index (χ3v) is 6.11. The minimum Gasteiger partial charge on any atom is -0.399 e. The normalized spacial score (nSPS) is 24.2. The van der Waals surface area contributed by atoms with Crippen molar-refractivity contribution in [1.82, 2.24) is 4.72 Å². The molecule has 0 atom stereocenters. The first-order valence-electron chi connectivity index (χ1n) is 7.99. The molecule has 3 rings (SSSR count). The summed E-state index contributed by atoms with van der Waals surface area (Å²) in [5, 5.41) is 0.541. The first-order chi connectivity index (χ1) is 10.8. The Balaban J connectivity index is 1.94. The van der Waals surface area contributed by atoms with E-state index in [0.29, 0.717) is 5.02 Å². The van der Waals surface area contributed by atoms with Gasteiger partial charge in [-0.1, -0.05) is 17.7 Å². The molecule has 1 aliphatic heterocycles. The lowest BCUT2D eigenvalue weighted by Gasteiger charge is -2.32. The van der Waals surface area contributed by atoms with Crippen molar-refractivity contribution in [2.75, 3.05) is 6.26 Å². The highest BCUT2D eigenvalue weighted by Gasteiger charge is 2.52. The Morgan fingerprint density at radius 3 is 2.08 bits per heavy atom. The smallest absolute Gasteiger partial charge is 0.399 e. The average molecular weight is 372 g/mol. The van der Waals surface area contributed by atoms with Crippen molar-refractivity contribution in [2.24, 2.45) is 0 Å². The van der Waals surface area contributed by atoms with Crippen molar-refractivity contribution in [1.29, 1.82) is 0 Å². The summed E-state index contributed by atoms with van der Waals surface area (Å²) in [5.41, 5.74) is 0.213. The van der Waals surface area contributed by atoms with Gasteiger partial charge in [0.05, 0.1) is 23.0 Å². The highest BCUT2D eigenvalue weighted by Crippen LogP contribution is 2.46. The summed E-state index contributed by atoms with van der Waals surface area (Å²) in [6.07, 6.45) is 2.68. The Morgan fingerprint density at radius 2 is 1.62 bits per heavy atom. The van der Waals surface area contributed by atoms with E-state index < -0.39 is 33.9 Å². The first-order valence-corrected chi connectivity index (χ1v) is 10.3. The molecule has 1 aromatic carbocycles. The minimum atomic E-state index is -3.30. The predicted octanol–water partition coefficient (Wildman–Crippen LogP) is 2.18. The van der Waals surface area contributed by atoms with Gasteiger partial charge in [0.1, 0.15) is 0 Å². The van der Waals surface area contributed by atoms with Gasteiger partial charge in [0.2, 0.25) is 10.0 Å². The summed E-state index contributed by atoms with van der Waals surface area (Å²) in [7, 11) is -3.83. The molecular formula is C16H23BClNO4S. The van der Waals surface area contributed by atoms with Crippen molar-refractivity contribution >= 4 is 34.2 Å². The number of halogens is 1. The summed E-state index contributed by atoms with van der Waals surface area (Å²) < 4.78 is 38.2. The van der Waals surface area contributed by atoms with E-state index in [1.165, 1.54) is 6.26 Å². The topological polar surface area (TPSA) is 64.6 Å². The molecule has 2 aliphatic rings. The Bertz CT molecular complexity index is 758. The molecule has 1 saturated heterocycles. The van der Waals surface area contributed by atoms with Crippen LogP contribution in [0.25, 0.3) is 0 Å². The Morgan fingerprint density at radius 1 is 1.08 bits per heavy atom. The van der Waals surface area contributed by atoms with Gasteiger partial charge in [0.15, 0.2) is 0 Å². The maximum absolute atomic E-state index is 11.7. The summed E-state index contributed by atoms with van der Waals surface area (Å²) in [5.74, 6) is 0. The van der Waals surface area contributed by atoms with Crippen LogP contribution in [0, 0.1) is 0 Å². The molecule has 1 aliphatic carbocycles. The van der Waals surface area contributed by atoms with Gasteiger partial charge in [-0.2, -0.15) is 0 Å². The van der Waals surface area contributed by atoms with Crippen molar-refractivity contribution in [3.05, 3.63) is 28.8 Å². The molecule has 2 fully saturated rings. The molecule has 1 heterocycles. The number of sulfonamides is 1. The van der Waals surface area contributed by atoms with Gasteiger partial charge in [-0.25, -0.2) is 13.1 Å². The standard InChI is InChI=1S/C16H23BClNO4S/c1-14(2)15(3,4)23-17(22-14)12-8-11(9-13(18)10-12)16(6-7-16)19-24(5,20)21/h8-10,19H,6-7H2,1-5H3. The Hall–Kier alpha value is -0.595. The summed E-state index contributed by atoms with van der Waals surface area (Å²) in [4.78, 5) is 0. The largest absolute Gasteiger partial charge is 0.494 e. The van der Waals surface area contributed by atoms with Crippen LogP contribution in [0.3, 0.4) is 0 Å². The van der Waals surface area contributed by atoms with Crippen LogP contribution < -0.4 is 10.2 Å². The maximum Gasteiger partial charge on any atom is 0.494 e. The second-order valence-electron chi connectivity index (χ2n) is 7.82. The van der Waals surface area contributed by atoms with Crippen LogP contribution in [-0.4, -0.2) is 33.0 Å². The molecule has 24 heavy (non-hydrogen) atoms. The van der Waals surface area contributed by atoms with E-state index in [4.69, 9.17) is 20.9 Å². The summed E-state index contributed by atoms with van der Waals surface area (Å²) in [6.45, 7) is 7.97. The molecule has 0 amide bonds. The van der Waals surface area contributed by atoms with E-state index in [9.17, 15) is 8.42 Å². The summed E-state index contributed by atoms with van der Waals surface area (Å²) >= 11 is 6.29. The number of nitrogens with one attached hydrogen (secondary N) is 1. The number of hydrogen-bond acceptors (Lipinski definition) is 4. The fourth-order valence-corrected chi connectivity index (χ4v) is 4.21. The molecule has 0 aromatic heterocycles. The van der Waals surface area contributed by atoms with Gasteiger partial charge in [-0.15, -0.1) is 0 Å². The number of benzene rings is 1.